The Hall–Kier alpha value is -3.91. The van der Waals surface area contributed by atoms with E-state index in [2.05, 4.69) is 10.3 Å². The number of carbonyl (C=O) groups excluding carboxylic acids is 1. The molecule has 1 amide bonds. The molecule has 1 fully saturated rings. The van der Waals surface area contributed by atoms with E-state index in [1.165, 1.54) is 11.8 Å². The summed E-state index contributed by atoms with van der Waals surface area (Å²) in [6.07, 6.45) is -4.65. The Labute approximate surface area is 234 Å². The number of carboxylic acid groups (broad SMARTS) is 1. The highest BCUT2D eigenvalue weighted by molar-refractivity contribution is 7.89. The molecule has 14 heteroatoms. The predicted octanol–water partition coefficient (Wildman–Crippen LogP) is 4.02. The lowest BCUT2D eigenvalue weighted by molar-refractivity contribution is -0.137. The molecule has 0 radical (unpaired) electrons. The molecule has 1 saturated heterocycles. The fourth-order valence-electron chi connectivity index (χ4n) is 4.44. The molecule has 0 unspecified atom stereocenters. The van der Waals surface area contributed by atoms with Gasteiger partial charge in [-0.25, -0.2) is 13.2 Å². The summed E-state index contributed by atoms with van der Waals surface area (Å²) in [5, 5.41) is 12.1. The number of aromatic nitrogens is 1. The third-order valence-corrected chi connectivity index (χ3v) is 8.71. The quantitative estimate of drug-likeness (QED) is 0.400. The number of nitrogens with one attached hydrogen (secondary N) is 1. The number of oxazole rings is 1. The van der Waals surface area contributed by atoms with E-state index in [1.54, 1.807) is 0 Å². The van der Waals surface area contributed by atoms with Crippen LogP contribution in [0.3, 0.4) is 0 Å². The second-order valence-corrected chi connectivity index (χ2v) is 11.8. The zero-order chi connectivity index (χ0) is 30.1. The molecule has 0 spiro atoms. The summed E-state index contributed by atoms with van der Waals surface area (Å²) in [6, 6.07) is 9.19. The zero-order valence-electron chi connectivity index (χ0n) is 22.5. The molecule has 1 aromatic heterocycles. The maximum absolute atomic E-state index is 13.6. The van der Waals surface area contributed by atoms with Gasteiger partial charge in [-0.15, -0.1) is 0 Å². The van der Waals surface area contributed by atoms with E-state index < -0.39 is 44.6 Å². The van der Waals surface area contributed by atoms with Crippen molar-refractivity contribution < 1.29 is 40.7 Å². The van der Waals surface area contributed by atoms with Crippen LogP contribution >= 0.6 is 0 Å². The number of aromatic carboxylic acids is 1. The minimum absolute atomic E-state index is 0.0146. The number of hydrogen-bond acceptors (Lipinski definition) is 7. The number of carbonyl (C=O) groups is 2. The van der Waals surface area contributed by atoms with Gasteiger partial charge >= 0.3 is 12.1 Å². The van der Waals surface area contributed by atoms with Crippen molar-refractivity contribution in [2.45, 2.75) is 50.3 Å². The highest BCUT2D eigenvalue weighted by atomic mass is 32.2. The third-order valence-electron chi connectivity index (χ3n) is 6.79. The highest BCUT2D eigenvalue weighted by Gasteiger charge is 2.42. The van der Waals surface area contributed by atoms with Crippen LogP contribution in [0.4, 0.5) is 19.2 Å². The Balaban J connectivity index is 1.61. The van der Waals surface area contributed by atoms with Gasteiger partial charge in [-0.3, -0.25) is 4.79 Å². The first-order valence-electron chi connectivity index (χ1n) is 12.7. The second kappa shape index (κ2) is 11.5. The van der Waals surface area contributed by atoms with Crippen LogP contribution in [0.25, 0.3) is 0 Å². The number of rotatable bonds is 8. The van der Waals surface area contributed by atoms with Gasteiger partial charge in [0.1, 0.15) is 6.04 Å². The SMILES string of the molecule is Cc1nc(N2CCN(S(=O)(=O)c3ccc(C(F)(F)F)cc3)[C@@H](C(=O)NCc3ccc(C(C)C)cc3)C2)oc1C(=O)O. The van der Waals surface area contributed by atoms with Crippen molar-refractivity contribution >= 4 is 27.9 Å². The van der Waals surface area contributed by atoms with Gasteiger partial charge in [-0.2, -0.15) is 22.5 Å². The number of aryl methyl sites for hydroxylation is 1. The van der Waals surface area contributed by atoms with Crippen LogP contribution in [-0.4, -0.2) is 60.4 Å². The fourth-order valence-corrected chi connectivity index (χ4v) is 6.01. The number of amides is 1. The number of hydrogen-bond donors (Lipinski definition) is 2. The van der Waals surface area contributed by atoms with E-state index in [9.17, 15) is 36.3 Å². The molecule has 2 heterocycles. The van der Waals surface area contributed by atoms with Gasteiger partial charge in [-0.05, 0) is 48.2 Å². The van der Waals surface area contributed by atoms with Crippen molar-refractivity contribution in [2.75, 3.05) is 24.5 Å². The van der Waals surface area contributed by atoms with Gasteiger partial charge in [0.2, 0.25) is 21.7 Å². The maximum Gasteiger partial charge on any atom is 0.416 e. The van der Waals surface area contributed by atoms with Gasteiger partial charge in [-0.1, -0.05) is 38.1 Å². The Morgan fingerprint density at radius 2 is 1.73 bits per heavy atom. The number of benzene rings is 2. The standard InChI is InChI=1S/C27H29F3N4O6S/c1-16(2)19-6-4-18(5-7-19)14-31-24(35)22-15-33(26-32-17(3)23(40-26)25(36)37)12-13-34(22)41(38,39)21-10-8-20(9-11-21)27(28,29)30/h4-11,16,22H,12-15H2,1-3H3,(H,31,35)(H,36,37)/t22-/m1/s1. The summed E-state index contributed by atoms with van der Waals surface area (Å²) in [4.78, 5) is 30.0. The van der Waals surface area contributed by atoms with Crippen LogP contribution in [0, 0.1) is 6.92 Å². The van der Waals surface area contributed by atoms with Gasteiger partial charge in [0, 0.05) is 26.2 Å². The first-order valence-corrected chi connectivity index (χ1v) is 14.1. The van der Waals surface area contributed by atoms with Crippen molar-refractivity contribution in [1.82, 2.24) is 14.6 Å². The molecule has 0 bridgehead atoms. The molecule has 1 aliphatic rings. The molecule has 1 aliphatic heterocycles. The van der Waals surface area contributed by atoms with Crippen molar-refractivity contribution in [3.8, 4) is 0 Å². The lowest BCUT2D eigenvalue weighted by Gasteiger charge is -2.39. The lowest BCUT2D eigenvalue weighted by Crippen LogP contribution is -2.60. The zero-order valence-corrected chi connectivity index (χ0v) is 23.3. The van der Waals surface area contributed by atoms with E-state index in [-0.39, 0.29) is 43.6 Å². The number of anilines is 1. The smallest absolute Gasteiger partial charge is 0.416 e. The summed E-state index contributed by atoms with van der Waals surface area (Å²) in [5.74, 6) is -2.05. The molecule has 0 aliphatic carbocycles. The first kappa shape index (κ1) is 30.1. The molecule has 0 saturated carbocycles. The normalized spacial score (nSPS) is 16.7. The predicted molar refractivity (Wildman–Crippen MR) is 142 cm³/mol. The molecule has 10 nitrogen and oxygen atoms in total. The van der Waals surface area contributed by atoms with E-state index in [0.717, 1.165) is 27.6 Å². The Bertz CT molecular complexity index is 1520. The van der Waals surface area contributed by atoms with Crippen LogP contribution in [0.5, 0.6) is 0 Å². The Morgan fingerprint density at radius 3 is 2.27 bits per heavy atom. The minimum atomic E-state index is -4.65. The van der Waals surface area contributed by atoms with Gasteiger partial charge in [0.05, 0.1) is 16.2 Å². The van der Waals surface area contributed by atoms with Crippen LogP contribution in [0.15, 0.2) is 57.8 Å². The van der Waals surface area contributed by atoms with Gasteiger partial charge in [0.25, 0.3) is 6.01 Å². The molecule has 1 atom stereocenters. The molecule has 220 valence electrons. The average molecular weight is 595 g/mol. The third kappa shape index (κ3) is 6.54. The number of piperazine rings is 1. The summed E-state index contributed by atoms with van der Waals surface area (Å²) in [5.41, 5.74) is 0.992. The molecule has 2 aromatic carbocycles. The second-order valence-electron chi connectivity index (χ2n) is 9.93. The van der Waals surface area contributed by atoms with Crippen LogP contribution < -0.4 is 10.2 Å². The molecule has 3 aromatic rings. The number of nitrogens with zero attached hydrogens (tertiary/aromatic N) is 3. The molecule has 41 heavy (non-hydrogen) atoms. The fraction of sp³-hybridized carbons (Fsp3) is 0.370. The first-order chi connectivity index (χ1) is 19.2. The van der Waals surface area contributed by atoms with Crippen molar-refractivity contribution in [1.29, 1.82) is 0 Å². The summed E-state index contributed by atoms with van der Waals surface area (Å²) < 4.78 is 72.5. The van der Waals surface area contributed by atoms with Crippen molar-refractivity contribution in [3.05, 3.63) is 76.7 Å². The van der Waals surface area contributed by atoms with Crippen molar-refractivity contribution in [2.24, 2.45) is 0 Å². The van der Waals surface area contributed by atoms with E-state index >= 15 is 0 Å². The average Bonchev–Trinajstić information content (AvgIpc) is 3.33. The minimum Gasteiger partial charge on any atom is -0.475 e. The number of sulfonamides is 1. The summed E-state index contributed by atoms with van der Waals surface area (Å²) in [6.45, 7) is 5.14. The maximum atomic E-state index is 13.6. The van der Waals surface area contributed by atoms with Gasteiger partial charge in [0.15, 0.2) is 0 Å². The summed E-state index contributed by atoms with van der Waals surface area (Å²) >= 11 is 0. The van der Waals surface area contributed by atoms with Crippen LogP contribution in [0.2, 0.25) is 0 Å². The Kier molecular flexibility index (Phi) is 8.45. The molecular formula is C27H29F3N4O6S. The molecule has 2 N–H and O–H groups in total. The molecule has 4 rings (SSSR count). The van der Waals surface area contributed by atoms with Crippen molar-refractivity contribution in [3.63, 3.8) is 0 Å². The van der Waals surface area contributed by atoms with Gasteiger partial charge < -0.3 is 19.7 Å². The van der Waals surface area contributed by atoms with Crippen LogP contribution in [0.1, 0.15) is 52.7 Å². The number of carboxylic acids is 1. The van der Waals surface area contributed by atoms with E-state index in [0.29, 0.717) is 18.1 Å². The number of alkyl halides is 3. The van der Waals surface area contributed by atoms with E-state index in [4.69, 9.17) is 4.42 Å². The molecular weight excluding hydrogens is 565 g/mol. The van der Waals surface area contributed by atoms with E-state index in [1.807, 2.05) is 38.1 Å². The lowest BCUT2D eigenvalue weighted by atomic mass is 10.0. The largest absolute Gasteiger partial charge is 0.475 e. The van der Waals surface area contributed by atoms with Crippen LogP contribution in [-0.2, 0) is 27.5 Å². The monoisotopic (exact) mass is 594 g/mol. The number of halogens is 3. The Morgan fingerprint density at radius 1 is 1.10 bits per heavy atom. The highest BCUT2D eigenvalue weighted by Crippen LogP contribution is 2.31. The summed E-state index contributed by atoms with van der Waals surface area (Å²) in [7, 11) is -4.41. The topological polar surface area (TPSA) is 133 Å².